The Kier molecular flexibility index (Phi) is 6.88. The first-order chi connectivity index (χ1) is 13.0. The monoisotopic (exact) mass is 375 g/mol. The molecule has 4 N–H and O–H groups in total. The van der Waals surface area contributed by atoms with Crippen LogP contribution >= 0.6 is 0 Å². The maximum absolute atomic E-state index is 10.5. The van der Waals surface area contributed by atoms with Gasteiger partial charge >= 0.3 is 5.97 Å². The Bertz CT molecular complexity index is 660. The summed E-state index contributed by atoms with van der Waals surface area (Å²) in [5.74, 6) is -0.436. The van der Waals surface area contributed by atoms with Crippen molar-refractivity contribution in [3.8, 4) is 0 Å². The van der Waals surface area contributed by atoms with Crippen LogP contribution in [0.5, 0.6) is 0 Å². The lowest BCUT2D eigenvalue weighted by atomic mass is 9.83. The lowest BCUT2D eigenvalue weighted by Crippen LogP contribution is -2.32. The van der Waals surface area contributed by atoms with Crippen LogP contribution in [-0.2, 0) is 16.1 Å². The van der Waals surface area contributed by atoms with Gasteiger partial charge in [0.05, 0.1) is 18.8 Å². The van der Waals surface area contributed by atoms with Gasteiger partial charge in [-0.3, -0.25) is 15.1 Å². The first-order valence-electron chi connectivity index (χ1n) is 9.76. The van der Waals surface area contributed by atoms with E-state index >= 15 is 0 Å². The van der Waals surface area contributed by atoms with Crippen molar-refractivity contribution < 1.29 is 25.0 Å². The third kappa shape index (κ3) is 5.31. The Balaban J connectivity index is 1.39. The third-order valence-corrected chi connectivity index (χ3v) is 5.65. The number of hydrogen-bond donors (Lipinski definition) is 4. The lowest BCUT2D eigenvalue weighted by molar-refractivity contribution is -0.137. The fraction of sp³-hybridized carbons (Fsp3) is 0.571. The van der Waals surface area contributed by atoms with Crippen molar-refractivity contribution in [2.45, 2.75) is 57.2 Å². The zero-order chi connectivity index (χ0) is 19.2. The van der Waals surface area contributed by atoms with Crippen LogP contribution in [0.3, 0.4) is 0 Å². The molecule has 4 atom stereocenters. The summed E-state index contributed by atoms with van der Waals surface area (Å²) < 4.78 is 0. The van der Waals surface area contributed by atoms with Crippen molar-refractivity contribution in [3.05, 3.63) is 47.2 Å². The van der Waals surface area contributed by atoms with Crippen molar-refractivity contribution in [1.29, 1.82) is 0 Å². The highest BCUT2D eigenvalue weighted by atomic mass is 16.6. The molecule has 6 heteroatoms. The normalized spacial score (nSPS) is 25.0. The molecule has 148 valence electrons. The van der Waals surface area contributed by atoms with Crippen molar-refractivity contribution in [3.63, 3.8) is 0 Å². The van der Waals surface area contributed by atoms with E-state index in [0.717, 1.165) is 30.5 Å². The highest BCUT2D eigenvalue weighted by molar-refractivity contribution is 5.66. The zero-order valence-electron chi connectivity index (χ0n) is 15.5. The van der Waals surface area contributed by atoms with E-state index in [1.54, 1.807) is 0 Å². The van der Waals surface area contributed by atoms with Crippen LogP contribution in [-0.4, -0.2) is 40.1 Å². The Morgan fingerprint density at radius 3 is 2.78 bits per heavy atom. The van der Waals surface area contributed by atoms with E-state index in [9.17, 15) is 15.0 Å². The number of aliphatic hydroxyl groups excluding tert-OH is 2. The average Bonchev–Trinajstić information content (AvgIpc) is 2.87. The van der Waals surface area contributed by atoms with Gasteiger partial charge in [0.25, 0.3) is 0 Å². The number of hydrogen-bond acceptors (Lipinski definition) is 5. The molecule has 0 amide bonds. The molecule has 0 radical (unpaired) electrons. The standard InChI is InChI=1S/C21H29NO5/c23-16(11-14-5-2-1-3-6-14)9-8-15-12-17-18(21(15)26)13-19(17)22-27-10-4-7-20(24)25/h1-3,5-6,15-16,18,21-23,26H,4,7-13H2,(H,24,25). The van der Waals surface area contributed by atoms with Gasteiger partial charge in [-0.1, -0.05) is 30.3 Å². The molecule has 1 fully saturated rings. The minimum absolute atomic E-state index is 0.0995. The molecule has 0 heterocycles. The molecule has 0 aliphatic heterocycles. The summed E-state index contributed by atoms with van der Waals surface area (Å²) in [6.45, 7) is 0.353. The summed E-state index contributed by atoms with van der Waals surface area (Å²) in [6, 6.07) is 9.96. The maximum atomic E-state index is 10.5. The first-order valence-corrected chi connectivity index (χ1v) is 9.76. The second kappa shape index (κ2) is 9.35. The number of benzene rings is 1. The highest BCUT2D eigenvalue weighted by Crippen LogP contribution is 2.49. The quantitative estimate of drug-likeness (QED) is 0.350. The van der Waals surface area contributed by atoms with Gasteiger partial charge < -0.3 is 15.3 Å². The van der Waals surface area contributed by atoms with E-state index in [-0.39, 0.29) is 30.5 Å². The number of aliphatic hydroxyl groups is 2. The molecule has 1 saturated carbocycles. The van der Waals surface area contributed by atoms with Crippen LogP contribution in [0.15, 0.2) is 41.6 Å². The molecule has 27 heavy (non-hydrogen) atoms. The van der Waals surface area contributed by atoms with E-state index in [1.807, 2.05) is 30.3 Å². The summed E-state index contributed by atoms with van der Waals surface area (Å²) in [4.78, 5) is 15.8. The lowest BCUT2D eigenvalue weighted by Gasteiger charge is -2.30. The van der Waals surface area contributed by atoms with Gasteiger partial charge in [0, 0.05) is 18.0 Å². The summed E-state index contributed by atoms with van der Waals surface area (Å²) in [6.07, 6.45) is 3.59. The van der Waals surface area contributed by atoms with Gasteiger partial charge in [-0.15, -0.1) is 0 Å². The van der Waals surface area contributed by atoms with E-state index in [1.165, 1.54) is 5.57 Å². The summed E-state index contributed by atoms with van der Waals surface area (Å²) in [5.41, 5.74) is 6.31. The molecular weight excluding hydrogens is 346 g/mol. The Morgan fingerprint density at radius 1 is 1.26 bits per heavy atom. The van der Waals surface area contributed by atoms with Crippen LogP contribution < -0.4 is 5.48 Å². The van der Waals surface area contributed by atoms with E-state index < -0.39 is 5.97 Å². The van der Waals surface area contributed by atoms with Gasteiger partial charge in [-0.25, -0.2) is 0 Å². The van der Waals surface area contributed by atoms with Crippen LogP contribution in [0.1, 0.15) is 44.1 Å². The van der Waals surface area contributed by atoms with E-state index in [2.05, 4.69) is 5.48 Å². The largest absolute Gasteiger partial charge is 0.481 e. The van der Waals surface area contributed by atoms with Gasteiger partial charge in [0.2, 0.25) is 0 Å². The number of aliphatic carboxylic acids is 1. The fourth-order valence-electron chi connectivity index (χ4n) is 4.11. The molecule has 1 aromatic carbocycles. The highest BCUT2D eigenvalue weighted by Gasteiger charge is 2.45. The van der Waals surface area contributed by atoms with Crippen LogP contribution in [0.4, 0.5) is 0 Å². The van der Waals surface area contributed by atoms with E-state index in [0.29, 0.717) is 25.9 Å². The van der Waals surface area contributed by atoms with Crippen LogP contribution in [0, 0.1) is 11.8 Å². The Labute approximate surface area is 159 Å². The number of nitrogens with one attached hydrogen (secondary N) is 1. The Morgan fingerprint density at radius 2 is 2.04 bits per heavy atom. The second-order valence-corrected chi connectivity index (χ2v) is 7.64. The van der Waals surface area contributed by atoms with Crippen molar-refractivity contribution in [2.75, 3.05) is 6.61 Å². The molecule has 2 aliphatic carbocycles. The number of carboxylic acid groups (broad SMARTS) is 1. The van der Waals surface area contributed by atoms with Gasteiger partial charge in [0.1, 0.15) is 0 Å². The summed E-state index contributed by atoms with van der Waals surface area (Å²) >= 11 is 0. The molecule has 0 spiro atoms. The smallest absolute Gasteiger partial charge is 0.303 e. The van der Waals surface area contributed by atoms with Crippen molar-refractivity contribution in [1.82, 2.24) is 5.48 Å². The SMILES string of the molecule is O=C(O)CCCONC1=C2CC(CCC(O)Cc3ccccc3)C(O)C2C1. The molecule has 6 nitrogen and oxygen atoms in total. The van der Waals surface area contributed by atoms with Crippen molar-refractivity contribution >= 4 is 5.97 Å². The summed E-state index contributed by atoms with van der Waals surface area (Å²) in [5, 5.41) is 29.4. The molecule has 0 aromatic heterocycles. The maximum Gasteiger partial charge on any atom is 0.303 e. The first kappa shape index (κ1) is 19.9. The number of fused-ring (bicyclic) bond motifs is 1. The predicted octanol–water partition coefficient (Wildman–Crippen LogP) is 2.41. The van der Waals surface area contributed by atoms with Gasteiger partial charge in [0.15, 0.2) is 0 Å². The fourth-order valence-corrected chi connectivity index (χ4v) is 4.11. The van der Waals surface area contributed by atoms with Crippen LogP contribution in [0.2, 0.25) is 0 Å². The predicted molar refractivity (Wildman–Crippen MR) is 101 cm³/mol. The molecule has 3 rings (SSSR count). The number of hydroxylamine groups is 1. The molecular formula is C21H29NO5. The topological polar surface area (TPSA) is 99.0 Å². The summed E-state index contributed by atoms with van der Waals surface area (Å²) in [7, 11) is 0. The average molecular weight is 375 g/mol. The number of rotatable bonds is 11. The zero-order valence-corrected chi connectivity index (χ0v) is 15.5. The number of carbonyl (C=O) groups is 1. The third-order valence-electron chi connectivity index (χ3n) is 5.65. The Hall–Kier alpha value is -1.89. The molecule has 1 aromatic rings. The van der Waals surface area contributed by atoms with Gasteiger partial charge in [-0.2, -0.15) is 0 Å². The van der Waals surface area contributed by atoms with Crippen molar-refractivity contribution in [2.24, 2.45) is 11.8 Å². The van der Waals surface area contributed by atoms with Gasteiger partial charge in [-0.05, 0) is 55.6 Å². The van der Waals surface area contributed by atoms with E-state index in [4.69, 9.17) is 9.94 Å². The van der Waals surface area contributed by atoms with Crippen LogP contribution in [0.25, 0.3) is 0 Å². The molecule has 4 unspecified atom stereocenters. The number of carboxylic acids is 1. The molecule has 2 aliphatic rings. The molecule has 0 saturated heterocycles. The second-order valence-electron chi connectivity index (χ2n) is 7.64. The minimum atomic E-state index is -0.819. The number of allylic oxidation sites excluding steroid dienone is 1. The minimum Gasteiger partial charge on any atom is -0.481 e. The molecule has 0 bridgehead atoms.